The van der Waals surface area contributed by atoms with Crippen LogP contribution >= 0.6 is 0 Å². The maximum atomic E-state index is 12.2. The van der Waals surface area contributed by atoms with Crippen LogP contribution in [0.5, 0.6) is 0 Å². The van der Waals surface area contributed by atoms with E-state index in [2.05, 4.69) is 17.3 Å². The Morgan fingerprint density at radius 2 is 2.23 bits per heavy atom. The number of hydrogen-bond donors (Lipinski definition) is 1. The first-order valence-electron chi connectivity index (χ1n) is 7.96. The fourth-order valence-electron chi connectivity index (χ4n) is 2.70. The molecule has 0 aliphatic carbocycles. The third-order valence-corrected chi connectivity index (χ3v) is 4.04. The van der Waals surface area contributed by atoms with Crippen molar-refractivity contribution < 1.29 is 9.53 Å². The quantitative estimate of drug-likeness (QED) is 0.926. The molecule has 0 bridgehead atoms. The third-order valence-electron chi connectivity index (χ3n) is 4.04. The molecule has 1 amide bonds. The number of rotatable bonds is 4. The Bertz CT molecular complexity index is 519. The van der Waals surface area contributed by atoms with Gasteiger partial charge in [0.15, 0.2) is 0 Å². The molecule has 0 spiro atoms. The minimum absolute atomic E-state index is 0.200. The highest BCUT2D eigenvalue weighted by Gasteiger charge is 2.31. The van der Waals surface area contributed by atoms with Gasteiger partial charge in [0.25, 0.3) is 0 Å². The van der Waals surface area contributed by atoms with Crippen molar-refractivity contribution >= 4 is 6.09 Å². The molecule has 1 aliphatic heterocycles. The Labute approximate surface area is 132 Å². The van der Waals surface area contributed by atoms with Crippen LogP contribution in [-0.2, 0) is 18.3 Å². The van der Waals surface area contributed by atoms with Crippen molar-refractivity contribution in [2.24, 2.45) is 7.05 Å². The Balaban J connectivity index is 1.84. The average molecular weight is 308 g/mol. The molecule has 0 saturated carbocycles. The molecule has 0 aromatic carbocycles. The van der Waals surface area contributed by atoms with E-state index in [1.165, 1.54) is 11.3 Å². The number of ether oxygens (including phenoxy) is 1. The van der Waals surface area contributed by atoms with E-state index in [0.29, 0.717) is 0 Å². The molecule has 1 aliphatic rings. The molecule has 6 heteroatoms. The van der Waals surface area contributed by atoms with Gasteiger partial charge in [-0.2, -0.15) is 5.10 Å². The lowest BCUT2D eigenvalue weighted by Crippen LogP contribution is -2.44. The van der Waals surface area contributed by atoms with Gasteiger partial charge in [-0.1, -0.05) is 0 Å². The van der Waals surface area contributed by atoms with Gasteiger partial charge in [0, 0.05) is 44.0 Å². The summed E-state index contributed by atoms with van der Waals surface area (Å²) in [5.74, 6) is 0. The number of carbonyl (C=O) groups excluding carboxylic acids is 1. The summed E-state index contributed by atoms with van der Waals surface area (Å²) < 4.78 is 7.36. The molecule has 2 heterocycles. The predicted molar refractivity (Wildman–Crippen MR) is 85.6 cm³/mol. The maximum Gasteiger partial charge on any atom is 0.410 e. The van der Waals surface area contributed by atoms with E-state index in [1.807, 2.05) is 43.6 Å². The van der Waals surface area contributed by atoms with Gasteiger partial charge < -0.3 is 15.0 Å². The maximum absolute atomic E-state index is 12.2. The van der Waals surface area contributed by atoms with E-state index in [-0.39, 0.29) is 12.1 Å². The van der Waals surface area contributed by atoms with E-state index in [0.717, 1.165) is 32.5 Å². The molecule has 1 atom stereocenters. The second kappa shape index (κ2) is 6.69. The zero-order chi connectivity index (χ0) is 16.3. The van der Waals surface area contributed by atoms with Gasteiger partial charge in [-0.25, -0.2) is 4.79 Å². The van der Waals surface area contributed by atoms with Crippen LogP contribution in [0.3, 0.4) is 0 Å². The molecule has 1 aromatic rings. The number of aryl methyl sites for hydroxylation is 1. The van der Waals surface area contributed by atoms with Crippen LogP contribution in [0.4, 0.5) is 4.79 Å². The molecule has 6 nitrogen and oxygen atoms in total. The van der Waals surface area contributed by atoms with Crippen LogP contribution in [0.25, 0.3) is 0 Å². The number of carbonyl (C=O) groups is 1. The Hall–Kier alpha value is -1.56. The summed E-state index contributed by atoms with van der Waals surface area (Å²) in [6, 6.07) is 0.215. The lowest BCUT2D eigenvalue weighted by atomic mass is 10.2. The Morgan fingerprint density at radius 1 is 1.50 bits per heavy atom. The van der Waals surface area contributed by atoms with E-state index in [4.69, 9.17) is 4.74 Å². The minimum atomic E-state index is -0.440. The number of nitrogens with zero attached hydrogens (tertiary/aromatic N) is 3. The standard InChI is InChI=1S/C16H28N4O2/c1-12-13(10-18-19(12)5)9-17-11-14-7-6-8-20(14)15(21)22-16(2,3)4/h10,14,17H,6-9,11H2,1-5H3. The summed E-state index contributed by atoms with van der Waals surface area (Å²) in [4.78, 5) is 14.1. The van der Waals surface area contributed by atoms with Crippen molar-refractivity contribution in [1.82, 2.24) is 20.0 Å². The van der Waals surface area contributed by atoms with Gasteiger partial charge in [-0.05, 0) is 40.5 Å². The Kier molecular flexibility index (Phi) is 5.11. The summed E-state index contributed by atoms with van der Waals surface area (Å²) in [7, 11) is 1.94. The lowest BCUT2D eigenvalue weighted by Gasteiger charge is -2.28. The van der Waals surface area contributed by atoms with Crippen LogP contribution in [0.1, 0.15) is 44.9 Å². The average Bonchev–Trinajstić information content (AvgIpc) is 2.98. The van der Waals surface area contributed by atoms with Crippen LogP contribution in [0.2, 0.25) is 0 Å². The van der Waals surface area contributed by atoms with E-state index >= 15 is 0 Å². The van der Waals surface area contributed by atoms with Crippen molar-refractivity contribution in [1.29, 1.82) is 0 Å². The summed E-state index contributed by atoms with van der Waals surface area (Å²) in [6.45, 7) is 10.1. The molecule has 1 unspecified atom stereocenters. The van der Waals surface area contributed by atoms with Crippen molar-refractivity contribution in [2.75, 3.05) is 13.1 Å². The zero-order valence-corrected chi connectivity index (χ0v) is 14.3. The summed E-state index contributed by atoms with van der Waals surface area (Å²) in [6.07, 6.45) is 3.76. The minimum Gasteiger partial charge on any atom is -0.444 e. The summed E-state index contributed by atoms with van der Waals surface area (Å²) in [5.41, 5.74) is 1.93. The first-order chi connectivity index (χ1) is 10.3. The summed E-state index contributed by atoms with van der Waals surface area (Å²) >= 11 is 0. The van der Waals surface area contributed by atoms with E-state index < -0.39 is 5.60 Å². The SMILES string of the molecule is Cc1c(CNCC2CCCN2C(=O)OC(C)(C)C)cnn1C. The van der Waals surface area contributed by atoms with Gasteiger partial charge in [0.2, 0.25) is 0 Å². The number of nitrogens with one attached hydrogen (secondary N) is 1. The molecular weight excluding hydrogens is 280 g/mol. The molecule has 124 valence electrons. The lowest BCUT2D eigenvalue weighted by molar-refractivity contribution is 0.0226. The van der Waals surface area contributed by atoms with Gasteiger partial charge >= 0.3 is 6.09 Å². The number of hydrogen-bond acceptors (Lipinski definition) is 4. The monoisotopic (exact) mass is 308 g/mol. The highest BCUT2D eigenvalue weighted by molar-refractivity contribution is 5.69. The Morgan fingerprint density at radius 3 is 2.82 bits per heavy atom. The van der Waals surface area contributed by atoms with Gasteiger partial charge in [-0.15, -0.1) is 0 Å². The molecule has 1 fully saturated rings. The molecule has 1 saturated heterocycles. The van der Waals surface area contributed by atoms with Crippen LogP contribution in [0.15, 0.2) is 6.20 Å². The fourth-order valence-corrected chi connectivity index (χ4v) is 2.70. The zero-order valence-electron chi connectivity index (χ0n) is 14.3. The smallest absolute Gasteiger partial charge is 0.410 e. The first-order valence-corrected chi connectivity index (χ1v) is 7.96. The van der Waals surface area contributed by atoms with Gasteiger partial charge in [0.05, 0.1) is 6.20 Å². The van der Waals surface area contributed by atoms with Crippen molar-refractivity contribution in [3.63, 3.8) is 0 Å². The first kappa shape index (κ1) is 16.8. The van der Waals surface area contributed by atoms with Crippen LogP contribution in [0, 0.1) is 6.92 Å². The molecular formula is C16H28N4O2. The molecule has 22 heavy (non-hydrogen) atoms. The fraction of sp³-hybridized carbons (Fsp3) is 0.750. The van der Waals surface area contributed by atoms with Crippen molar-refractivity contribution in [2.45, 2.75) is 58.7 Å². The van der Waals surface area contributed by atoms with Crippen molar-refractivity contribution in [3.8, 4) is 0 Å². The van der Waals surface area contributed by atoms with E-state index in [9.17, 15) is 4.79 Å². The topological polar surface area (TPSA) is 59.4 Å². The number of amides is 1. The van der Waals surface area contributed by atoms with Crippen molar-refractivity contribution in [3.05, 3.63) is 17.5 Å². The third kappa shape index (κ3) is 4.22. The molecule has 0 radical (unpaired) electrons. The molecule has 1 aromatic heterocycles. The normalized spacial score (nSPS) is 18.8. The number of aromatic nitrogens is 2. The number of likely N-dealkylation sites (tertiary alicyclic amines) is 1. The largest absolute Gasteiger partial charge is 0.444 e. The molecule has 2 rings (SSSR count). The highest BCUT2D eigenvalue weighted by atomic mass is 16.6. The summed E-state index contributed by atoms with van der Waals surface area (Å²) in [5, 5.41) is 7.68. The van der Waals surface area contributed by atoms with E-state index in [1.54, 1.807) is 0 Å². The highest BCUT2D eigenvalue weighted by Crippen LogP contribution is 2.20. The predicted octanol–water partition coefficient (Wildman–Crippen LogP) is 2.22. The second-order valence-electron chi connectivity index (χ2n) is 6.98. The molecule has 1 N–H and O–H groups in total. The van der Waals surface area contributed by atoms with Gasteiger partial charge in [0.1, 0.15) is 5.60 Å². The van der Waals surface area contributed by atoms with Crippen LogP contribution < -0.4 is 5.32 Å². The van der Waals surface area contributed by atoms with Crippen LogP contribution in [-0.4, -0.2) is 45.5 Å². The van der Waals surface area contributed by atoms with Gasteiger partial charge in [-0.3, -0.25) is 4.68 Å². The second-order valence-corrected chi connectivity index (χ2v) is 6.98.